The molecular formula is C19H24N3O3S+. The number of hydrogen-bond donors (Lipinski definition) is 3. The van der Waals surface area contributed by atoms with E-state index in [9.17, 15) is 9.59 Å². The summed E-state index contributed by atoms with van der Waals surface area (Å²) in [6.07, 6.45) is 2.38. The summed E-state index contributed by atoms with van der Waals surface area (Å²) in [5, 5.41) is 4.95. The standard InChI is InChI=1S/C19H23N3O3S/c20-19(24)14-5-7-15(8-6-14)21-18(23)13-22(11-16-3-1-9-25-16)12-17-4-2-10-26-17/h2,4-8,10,16H,1,3,9,11-13H2,(H2,20,24)(H,21,23)/p+1/t16-/m0/s1. The summed E-state index contributed by atoms with van der Waals surface area (Å²) in [5.41, 5.74) is 6.32. The second-order valence-electron chi connectivity index (χ2n) is 6.51. The molecule has 1 aromatic heterocycles. The molecule has 0 radical (unpaired) electrons. The van der Waals surface area contributed by atoms with Crippen molar-refractivity contribution in [2.75, 3.05) is 25.0 Å². The Labute approximate surface area is 156 Å². The number of rotatable bonds is 8. The third-order valence-corrected chi connectivity index (χ3v) is 5.28. The van der Waals surface area contributed by atoms with Gasteiger partial charge in [-0.3, -0.25) is 9.59 Å². The minimum absolute atomic E-state index is 0.0543. The van der Waals surface area contributed by atoms with Crippen LogP contribution in [0.25, 0.3) is 0 Å². The van der Waals surface area contributed by atoms with Gasteiger partial charge in [-0.15, -0.1) is 11.3 Å². The molecule has 7 heteroatoms. The van der Waals surface area contributed by atoms with Crippen LogP contribution in [0.15, 0.2) is 41.8 Å². The molecule has 2 atom stereocenters. The highest BCUT2D eigenvalue weighted by Crippen LogP contribution is 2.11. The van der Waals surface area contributed by atoms with Gasteiger partial charge in [-0.25, -0.2) is 0 Å². The predicted octanol–water partition coefficient (Wildman–Crippen LogP) is 1.05. The second kappa shape index (κ2) is 8.93. The number of ether oxygens (including phenoxy) is 1. The molecule has 0 saturated carbocycles. The number of anilines is 1. The zero-order valence-electron chi connectivity index (χ0n) is 14.6. The summed E-state index contributed by atoms with van der Waals surface area (Å²) in [5.74, 6) is -0.535. The van der Waals surface area contributed by atoms with E-state index >= 15 is 0 Å². The van der Waals surface area contributed by atoms with Crippen molar-refractivity contribution < 1.29 is 19.2 Å². The Balaban J connectivity index is 1.58. The highest BCUT2D eigenvalue weighted by molar-refractivity contribution is 7.09. The van der Waals surface area contributed by atoms with Crippen molar-refractivity contribution in [1.29, 1.82) is 0 Å². The molecule has 2 amide bonds. The van der Waals surface area contributed by atoms with Gasteiger partial charge in [0, 0.05) is 17.9 Å². The molecule has 26 heavy (non-hydrogen) atoms. The van der Waals surface area contributed by atoms with Gasteiger partial charge in [0.15, 0.2) is 6.54 Å². The molecule has 1 unspecified atom stereocenters. The molecule has 2 heterocycles. The average molecular weight is 374 g/mol. The minimum Gasteiger partial charge on any atom is -0.372 e. The molecule has 2 aromatic rings. The summed E-state index contributed by atoms with van der Waals surface area (Å²) in [4.78, 5) is 26.0. The van der Waals surface area contributed by atoms with Crippen LogP contribution in [0.1, 0.15) is 28.1 Å². The number of carbonyl (C=O) groups is 2. The maximum absolute atomic E-state index is 12.5. The van der Waals surface area contributed by atoms with Crippen molar-refractivity contribution in [3.8, 4) is 0 Å². The zero-order valence-corrected chi connectivity index (χ0v) is 15.4. The van der Waals surface area contributed by atoms with Crippen LogP contribution in [0.2, 0.25) is 0 Å². The molecule has 1 fully saturated rings. The summed E-state index contributed by atoms with van der Waals surface area (Å²) in [6, 6.07) is 10.7. The van der Waals surface area contributed by atoms with Gasteiger partial charge in [-0.2, -0.15) is 0 Å². The topological polar surface area (TPSA) is 85.9 Å². The first-order valence-corrected chi connectivity index (χ1v) is 9.65. The third-order valence-electron chi connectivity index (χ3n) is 4.41. The van der Waals surface area contributed by atoms with E-state index in [4.69, 9.17) is 10.5 Å². The number of benzene rings is 1. The minimum atomic E-state index is -0.481. The summed E-state index contributed by atoms with van der Waals surface area (Å²) in [6.45, 7) is 2.82. The molecule has 1 aliphatic rings. The molecule has 138 valence electrons. The Morgan fingerprint density at radius 3 is 2.69 bits per heavy atom. The number of carbonyl (C=O) groups excluding carboxylic acids is 2. The number of hydrogen-bond acceptors (Lipinski definition) is 4. The van der Waals surface area contributed by atoms with Crippen molar-refractivity contribution in [2.45, 2.75) is 25.5 Å². The van der Waals surface area contributed by atoms with E-state index in [0.29, 0.717) is 17.8 Å². The fourth-order valence-electron chi connectivity index (χ4n) is 3.14. The SMILES string of the molecule is NC(=O)c1ccc(NC(=O)C[NH+](Cc2cccs2)C[C@@H]2CCCO2)cc1. The van der Waals surface area contributed by atoms with E-state index in [2.05, 4.69) is 16.8 Å². The van der Waals surface area contributed by atoms with Crippen molar-refractivity contribution in [3.63, 3.8) is 0 Å². The maximum atomic E-state index is 12.5. The lowest BCUT2D eigenvalue weighted by atomic mass is 10.2. The predicted molar refractivity (Wildman–Crippen MR) is 101 cm³/mol. The number of quaternary nitrogens is 1. The number of thiophene rings is 1. The lowest BCUT2D eigenvalue weighted by Crippen LogP contribution is -3.12. The van der Waals surface area contributed by atoms with Crippen LogP contribution in [0.4, 0.5) is 5.69 Å². The second-order valence-corrected chi connectivity index (χ2v) is 7.54. The molecule has 1 aliphatic heterocycles. The third kappa shape index (κ3) is 5.39. The van der Waals surface area contributed by atoms with Crippen LogP contribution in [0, 0.1) is 0 Å². The first kappa shape index (κ1) is 18.6. The molecule has 0 bridgehead atoms. The monoisotopic (exact) mass is 374 g/mol. The highest BCUT2D eigenvalue weighted by Gasteiger charge is 2.24. The first-order chi connectivity index (χ1) is 12.6. The Bertz CT molecular complexity index is 725. The van der Waals surface area contributed by atoms with Gasteiger partial charge in [-0.1, -0.05) is 6.07 Å². The largest absolute Gasteiger partial charge is 0.372 e. The molecule has 3 rings (SSSR count). The maximum Gasteiger partial charge on any atom is 0.279 e. The van der Waals surface area contributed by atoms with Crippen LogP contribution >= 0.6 is 11.3 Å². The van der Waals surface area contributed by atoms with Crippen LogP contribution in [-0.4, -0.2) is 37.6 Å². The number of nitrogens with two attached hydrogens (primary N) is 1. The Kier molecular flexibility index (Phi) is 6.38. The smallest absolute Gasteiger partial charge is 0.279 e. The number of nitrogens with one attached hydrogen (secondary N) is 2. The zero-order chi connectivity index (χ0) is 18.4. The van der Waals surface area contributed by atoms with Gasteiger partial charge >= 0.3 is 0 Å². The van der Waals surface area contributed by atoms with E-state index in [1.807, 2.05) is 6.07 Å². The van der Waals surface area contributed by atoms with Crippen molar-refractivity contribution >= 4 is 28.8 Å². The van der Waals surface area contributed by atoms with E-state index in [1.165, 1.54) is 9.78 Å². The fraction of sp³-hybridized carbons (Fsp3) is 0.368. The van der Waals surface area contributed by atoms with Crippen LogP contribution in [0.5, 0.6) is 0 Å². The van der Waals surface area contributed by atoms with E-state index in [-0.39, 0.29) is 12.0 Å². The van der Waals surface area contributed by atoms with Gasteiger partial charge in [0.25, 0.3) is 5.91 Å². The molecular weight excluding hydrogens is 350 g/mol. The van der Waals surface area contributed by atoms with Gasteiger partial charge < -0.3 is 20.7 Å². The molecule has 6 nitrogen and oxygen atoms in total. The first-order valence-electron chi connectivity index (χ1n) is 8.77. The quantitative estimate of drug-likeness (QED) is 0.646. The molecule has 1 saturated heterocycles. The fourth-order valence-corrected chi connectivity index (χ4v) is 3.92. The average Bonchev–Trinajstić information content (AvgIpc) is 3.29. The molecule has 1 aromatic carbocycles. The lowest BCUT2D eigenvalue weighted by Gasteiger charge is -2.21. The van der Waals surface area contributed by atoms with Crippen molar-refractivity contribution in [3.05, 3.63) is 52.2 Å². The van der Waals surface area contributed by atoms with Crippen LogP contribution in [0.3, 0.4) is 0 Å². The Hall–Kier alpha value is -2.22. The number of primary amides is 1. The van der Waals surface area contributed by atoms with E-state index in [0.717, 1.165) is 32.5 Å². The number of amides is 2. The highest BCUT2D eigenvalue weighted by atomic mass is 32.1. The summed E-state index contributed by atoms with van der Waals surface area (Å²) >= 11 is 1.71. The molecule has 4 N–H and O–H groups in total. The van der Waals surface area contributed by atoms with Gasteiger partial charge in [0.05, 0.1) is 4.88 Å². The normalized spacial score (nSPS) is 17.8. The van der Waals surface area contributed by atoms with Crippen molar-refractivity contribution in [2.24, 2.45) is 5.73 Å². The molecule has 0 aliphatic carbocycles. The van der Waals surface area contributed by atoms with E-state index < -0.39 is 5.91 Å². The van der Waals surface area contributed by atoms with Gasteiger partial charge in [0.2, 0.25) is 5.91 Å². The Morgan fingerprint density at radius 2 is 2.08 bits per heavy atom. The van der Waals surface area contributed by atoms with E-state index in [1.54, 1.807) is 35.6 Å². The molecule has 0 spiro atoms. The van der Waals surface area contributed by atoms with Gasteiger partial charge in [-0.05, 0) is 48.6 Å². The van der Waals surface area contributed by atoms with Crippen molar-refractivity contribution in [1.82, 2.24) is 0 Å². The van der Waals surface area contributed by atoms with Crippen LogP contribution in [-0.2, 0) is 16.1 Å². The lowest BCUT2D eigenvalue weighted by molar-refractivity contribution is -0.908. The summed E-state index contributed by atoms with van der Waals surface area (Å²) in [7, 11) is 0. The Morgan fingerprint density at radius 1 is 1.27 bits per heavy atom. The van der Waals surface area contributed by atoms with Crippen LogP contribution < -0.4 is 16.0 Å². The summed E-state index contributed by atoms with van der Waals surface area (Å²) < 4.78 is 5.75. The van der Waals surface area contributed by atoms with Gasteiger partial charge in [0.1, 0.15) is 19.2 Å².